The Labute approximate surface area is 142 Å². The number of nitrogens with one attached hydrogen (secondary N) is 1. The number of methoxy groups -OCH3 is 1. The molecule has 0 bridgehead atoms. The van der Waals surface area contributed by atoms with Crippen molar-refractivity contribution in [2.75, 3.05) is 31.7 Å². The van der Waals surface area contributed by atoms with E-state index < -0.39 is 11.4 Å². The summed E-state index contributed by atoms with van der Waals surface area (Å²) in [5, 5.41) is 11.3. The van der Waals surface area contributed by atoms with E-state index in [0.29, 0.717) is 36.5 Å². The number of carbonyl (C=O) groups is 1. The molecule has 0 aliphatic carbocycles. The van der Waals surface area contributed by atoms with Crippen molar-refractivity contribution in [2.24, 2.45) is 5.41 Å². The van der Waals surface area contributed by atoms with Gasteiger partial charge < -0.3 is 19.7 Å². The lowest BCUT2D eigenvalue weighted by molar-refractivity contribution is -0.153. The van der Waals surface area contributed by atoms with E-state index in [1.807, 2.05) is 4.90 Å². The first kappa shape index (κ1) is 15.8. The molecule has 0 unspecified atom stereocenters. The third-order valence-corrected chi connectivity index (χ3v) is 4.91. The van der Waals surface area contributed by atoms with Crippen LogP contribution in [0.2, 0.25) is 0 Å². The van der Waals surface area contributed by atoms with Gasteiger partial charge in [0.25, 0.3) is 0 Å². The molecule has 1 fully saturated rings. The number of aliphatic hydroxyl groups is 1. The van der Waals surface area contributed by atoms with Crippen molar-refractivity contribution in [1.29, 1.82) is 0 Å². The number of benzene rings is 1. The van der Waals surface area contributed by atoms with E-state index in [1.54, 1.807) is 6.07 Å². The molecule has 0 amide bonds. The van der Waals surface area contributed by atoms with Crippen molar-refractivity contribution in [2.45, 2.75) is 6.42 Å². The maximum absolute atomic E-state index is 13.5. The van der Waals surface area contributed by atoms with Gasteiger partial charge in [-0.1, -0.05) is 0 Å². The number of hydrogen-bond donors (Lipinski definition) is 2. The van der Waals surface area contributed by atoms with Crippen LogP contribution in [-0.2, 0) is 9.53 Å². The molecule has 0 saturated carbocycles. The van der Waals surface area contributed by atoms with Crippen molar-refractivity contribution in [3.05, 3.63) is 30.3 Å². The first-order valence-corrected chi connectivity index (χ1v) is 7.94. The van der Waals surface area contributed by atoms with E-state index >= 15 is 0 Å². The van der Waals surface area contributed by atoms with Gasteiger partial charge in [0.1, 0.15) is 29.0 Å². The number of fused-ring (bicyclic) bond motifs is 3. The van der Waals surface area contributed by atoms with Gasteiger partial charge in [0.05, 0.1) is 24.6 Å². The molecule has 4 rings (SSSR count). The zero-order valence-electron chi connectivity index (χ0n) is 13.6. The smallest absolute Gasteiger partial charge is 0.316 e. The molecule has 1 aliphatic heterocycles. The fourth-order valence-electron chi connectivity index (χ4n) is 3.55. The number of H-pyrrole nitrogens is 1. The number of esters is 1. The number of aromatic nitrogens is 3. The van der Waals surface area contributed by atoms with Crippen LogP contribution in [0, 0.1) is 11.2 Å². The summed E-state index contributed by atoms with van der Waals surface area (Å²) in [6.07, 6.45) is 1.90. The van der Waals surface area contributed by atoms with E-state index in [-0.39, 0.29) is 12.4 Å². The van der Waals surface area contributed by atoms with Gasteiger partial charge in [-0.25, -0.2) is 14.4 Å². The SMILES string of the molecule is COC(=O)[C@]1(CO)CCN(c2ncnc3[nH]c4cc(F)ccc4c23)C1. The maximum Gasteiger partial charge on any atom is 0.316 e. The van der Waals surface area contributed by atoms with Crippen LogP contribution in [0.1, 0.15) is 6.42 Å². The summed E-state index contributed by atoms with van der Waals surface area (Å²) >= 11 is 0. The third kappa shape index (κ3) is 2.32. The Morgan fingerprint density at radius 2 is 2.32 bits per heavy atom. The van der Waals surface area contributed by atoms with Gasteiger partial charge in [0, 0.05) is 18.5 Å². The standard InChI is InChI=1S/C17H17FN4O3/c1-25-16(24)17(8-23)4-5-22(7-17)15-13-11-3-2-10(18)6-12(11)21-14(13)19-9-20-15/h2-3,6,9,23H,4-5,7-8H2,1H3,(H,19,20,21)/t17-/m1/s1. The number of halogens is 1. The lowest BCUT2D eigenvalue weighted by atomic mass is 9.88. The van der Waals surface area contributed by atoms with Crippen LogP contribution in [0.3, 0.4) is 0 Å². The molecule has 25 heavy (non-hydrogen) atoms. The van der Waals surface area contributed by atoms with Crippen LogP contribution in [0.5, 0.6) is 0 Å². The van der Waals surface area contributed by atoms with Crippen molar-refractivity contribution < 1.29 is 19.0 Å². The number of aromatic amines is 1. The molecular formula is C17H17FN4O3. The number of ether oxygens (including phenoxy) is 1. The quantitative estimate of drug-likeness (QED) is 0.702. The minimum Gasteiger partial charge on any atom is -0.468 e. The lowest BCUT2D eigenvalue weighted by Crippen LogP contribution is -2.39. The molecule has 7 nitrogen and oxygen atoms in total. The zero-order valence-corrected chi connectivity index (χ0v) is 13.6. The number of aliphatic hydroxyl groups excluding tert-OH is 1. The number of hydrogen-bond acceptors (Lipinski definition) is 6. The number of anilines is 1. The summed E-state index contributed by atoms with van der Waals surface area (Å²) in [6, 6.07) is 4.49. The molecule has 0 spiro atoms. The van der Waals surface area contributed by atoms with E-state index in [4.69, 9.17) is 4.74 Å². The Hall–Kier alpha value is -2.74. The van der Waals surface area contributed by atoms with Crippen molar-refractivity contribution in [3.8, 4) is 0 Å². The Kier molecular flexibility index (Phi) is 3.57. The van der Waals surface area contributed by atoms with Crippen LogP contribution in [0.4, 0.5) is 10.2 Å². The second kappa shape index (κ2) is 5.66. The Morgan fingerprint density at radius 1 is 1.48 bits per heavy atom. The number of rotatable bonds is 3. The second-order valence-electron chi connectivity index (χ2n) is 6.34. The van der Waals surface area contributed by atoms with Gasteiger partial charge in [-0.3, -0.25) is 4.79 Å². The molecule has 0 radical (unpaired) electrons. The molecule has 1 atom stereocenters. The minimum atomic E-state index is -0.954. The Bertz CT molecular complexity index is 973. The van der Waals surface area contributed by atoms with Crippen molar-refractivity contribution in [3.63, 3.8) is 0 Å². The summed E-state index contributed by atoms with van der Waals surface area (Å²) in [6.45, 7) is 0.565. The van der Waals surface area contributed by atoms with Gasteiger partial charge in [-0.2, -0.15) is 0 Å². The average molecular weight is 344 g/mol. The maximum atomic E-state index is 13.5. The van der Waals surface area contributed by atoms with E-state index in [9.17, 15) is 14.3 Å². The van der Waals surface area contributed by atoms with Gasteiger partial charge in [-0.15, -0.1) is 0 Å². The van der Waals surface area contributed by atoms with Crippen molar-refractivity contribution in [1.82, 2.24) is 15.0 Å². The molecular weight excluding hydrogens is 327 g/mol. The topological polar surface area (TPSA) is 91.3 Å². The van der Waals surface area contributed by atoms with E-state index in [0.717, 1.165) is 10.8 Å². The average Bonchev–Trinajstić information content (AvgIpc) is 3.22. The van der Waals surface area contributed by atoms with Crippen LogP contribution in [0.25, 0.3) is 21.9 Å². The minimum absolute atomic E-state index is 0.288. The summed E-state index contributed by atoms with van der Waals surface area (Å²) in [7, 11) is 1.32. The fourth-order valence-corrected chi connectivity index (χ4v) is 3.55. The Morgan fingerprint density at radius 3 is 3.08 bits per heavy atom. The molecule has 3 heterocycles. The molecule has 3 aromatic rings. The van der Waals surface area contributed by atoms with Crippen LogP contribution in [-0.4, -0.2) is 52.8 Å². The fraction of sp³-hybridized carbons (Fsp3) is 0.353. The van der Waals surface area contributed by atoms with Gasteiger partial charge in [0.2, 0.25) is 0 Å². The summed E-state index contributed by atoms with van der Waals surface area (Å²) in [5.74, 6) is -0.106. The van der Waals surface area contributed by atoms with E-state index in [1.165, 1.54) is 25.6 Å². The predicted molar refractivity (Wildman–Crippen MR) is 89.7 cm³/mol. The molecule has 1 aliphatic rings. The van der Waals surface area contributed by atoms with E-state index in [2.05, 4.69) is 15.0 Å². The van der Waals surface area contributed by atoms with Gasteiger partial charge >= 0.3 is 5.97 Å². The summed E-state index contributed by atoms with van der Waals surface area (Å²) in [5.41, 5.74) is 0.284. The van der Waals surface area contributed by atoms with Crippen molar-refractivity contribution >= 4 is 33.7 Å². The van der Waals surface area contributed by atoms with Crippen LogP contribution < -0.4 is 4.90 Å². The molecule has 2 N–H and O–H groups in total. The normalized spacial score (nSPS) is 20.5. The molecule has 2 aromatic heterocycles. The lowest BCUT2D eigenvalue weighted by Gasteiger charge is -2.24. The highest BCUT2D eigenvalue weighted by Crippen LogP contribution is 2.38. The largest absolute Gasteiger partial charge is 0.468 e. The monoisotopic (exact) mass is 344 g/mol. The van der Waals surface area contributed by atoms with Gasteiger partial charge in [0.15, 0.2) is 0 Å². The zero-order chi connectivity index (χ0) is 17.6. The molecule has 1 saturated heterocycles. The predicted octanol–water partition coefficient (Wildman–Crippen LogP) is 1.61. The number of carbonyl (C=O) groups excluding carboxylic acids is 1. The molecule has 130 valence electrons. The summed E-state index contributed by atoms with van der Waals surface area (Å²) < 4.78 is 18.4. The molecule has 8 heteroatoms. The van der Waals surface area contributed by atoms with Crippen LogP contribution in [0.15, 0.2) is 24.5 Å². The molecule has 1 aromatic carbocycles. The highest BCUT2D eigenvalue weighted by Gasteiger charge is 2.46. The highest BCUT2D eigenvalue weighted by atomic mass is 19.1. The van der Waals surface area contributed by atoms with Gasteiger partial charge in [-0.05, 0) is 24.6 Å². The first-order valence-electron chi connectivity index (χ1n) is 7.94. The Balaban J connectivity index is 1.82. The first-order chi connectivity index (χ1) is 12.1. The summed E-state index contributed by atoms with van der Waals surface area (Å²) in [4.78, 5) is 25.8. The highest BCUT2D eigenvalue weighted by molar-refractivity contribution is 6.11. The van der Waals surface area contributed by atoms with Crippen LogP contribution >= 0.6 is 0 Å². The number of nitrogens with zero attached hydrogens (tertiary/aromatic N) is 3. The second-order valence-corrected chi connectivity index (χ2v) is 6.34. The third-order valence-electron chi connectivity index (χ3n) is 4.91.